The number of carbonyl (C=O) groups is 1. The maximum absolute atomic E-state index is 11.2. The first-order valence-corrected chi connectivity index (χ1v) is 7.47. The number of hydrogen-bond donors (Lipinski definition) is 1. The summed E-state index contributed by atoms with van der Waals surface area (Å²) in [6, 6.07) is 15.8. The van der Waals surface area contributed by atoms with E-state index in [4.69, 9.17) is 4.74 Å². The average molecular weight is 297 g/mol. The number of hydrogen-bond acceptors (Lipinski definition) is 2. The maximum atomic E-state index is 11.2. The SMILES string of the molecule is CC(=O)NCc1cc(C(C)(C)C)ccc1Oc1ccccc1. The second-order valence-electron chi connectivity index (χ2n) is 6.40. The van der Waals surface area contributed by atoms with Gasteiger partial charge in [0.1, 0.15) is 11.5 Å². The third-order valence-corrected chi connectivity index (χ3v) is 3.43. The van der Waals surface area contributed by atoms with E-state index in [9.17, 15) is 4.79 Å². The molecule has 0 aliphatic carbocycles. The van der Waals surface area contributed by atoms with Crippen molar-refractivity contribution in [1.82, 2.24) is 5.32 Å². The predicted molar refractivity (Wildman–Crippen MR) is 89.2 cm³/mol. The second kappa shape index (κ2) is 6.65. The molecule has 0 fully saturated rings. The molecule has 1 N–H and O–H groups in total. The molecule has 0 radical (unpaired) electrons. The van der Waals surface area contributed by atoms with Gasteiger partial charge in [-0.2, -0.15) is 0 Å². The summed E-state index contributed by atoms with van der Waals surface area (Å²) in [6.07, 6.45) is 0. The summed E-state index contributed by atoms with van der Waals surface area (Å²) < 4.78 is 5.96. The molecule has 3 heteroatoms. The first-order valence-electron chi connectivity index (χ1n) is 7.47. The minimum Gasteiger partial charge on any atom is -0.457 e. The lowest BCUT2D eigenvalue weighted by Crippen LogP contribution is -2.20. The van der Waals surface area contributed by atoms with E-state index < -0.39 is 0 Å². The largest absolute Gasteiger partial charge is 0.457 e. The Morgan fingerprint density at radius 1 is 1.09 bits per heavy atom. The van der Waals surface area contributed by atoms with Gasteiger partial charge in [0.05, 0.1) is 0 Å². The van der Waals surface area contributed by atoms with Crippen LogP contribution in [0.2, 0.25) is 0 Å². The molecule has 0 saturated carbocycles. The fourth-order valence-electron chi connectivity index (χ4n) is 2.12. The first kappa shape index (κ1) is 16.1. The van der Waals surface area contributed by atoms with E-state index in [2.05, 4.69) is 38.2 Å². The van der Waals surface area contributed by atoms with Crippen molar-refractivity contribution in [3.63, 3.8) is 0 Å². The molecule has 0 aromatic heterocycles. The van der Waals surface area contributed by atoms with Crippen LogP contribution in [0.5, 0.6) is 11.5 Å². The molecule has 0 aliphatic heterocycles. The Balaban J connectivity index is 2.32. The molecule has 0 unspecified atom stereocenters. The first-order chi connectivity index (χ1) is 10.4. The summed E-state index contributed by atoms with van der Waals surface area (Å²) in [6.45, 7) is 8.49. The number of para-hydroxylation sites is 1. The van der Waals surface area contributed by atoms with Crippen molar-refractivity contribution in [1.29, 1.82) is 0 Å². The third kappa shape index (κ3) is 4.35. The molecule has 2 rings (SSSR count). The van der Waals surface area contributed by atoms with Gasteiger partial charge in [0, 0.05) is 19.0 Å². The molecule has 3 nitrogen and oxygen atoms in total. The molecule has 116 valence electrons. The van der Waals surface area contributed by atoms with Gasteiger partial charge in [0.15, 0.2) is 0 Å². The summed E-state index contributed by atoms with van der Waals surface area (Å²) in [5.74, 6) is 1.51. The number of rotatable bonds is 4. The van der Waals surface area contributed by atoms with Crippen LogP contribution in [0.4, 0.5) is 0 Å². The van der Waals surface area contributed by atoms with Crippen LogP contribution in [0, 0.1) is 0 Å². The molecular formula is C19H23NO2. The Hall–Kier alpha value is -2.29. The lowest BCUT2D eigenvalue weighted by Gasteiger charge is -2.21. The molecule has 0 atom stereocenters. The van der Waals surface area contributed by atoms with E-state index in [1.165, 1.54) is 12.5 Å². The monoisotopic (exact) mass is 297 g/mol. The number of benzene rings is 2. The second-order valence-corrected chi connectivity index (χ2v) is 6.40. The highest BCUT2D eigenvalue weighted by atomic mass is 16.5. The van der Waals surface area contributed by atoms with Crippen LogP contribution in [0.15, 0.2) is 48.5 Å². The molecule has 22 heavy (non-hydrogen) atoms. The predicted octanol–water partition coefficient (Wildman–Crippen LogP) is 4.41. The van der Waals surface area contributed by atoms with Gasteiger partial charge in [-0.05, 0) is 35.2 Å². The van der Waals surface area contributed by atoms with Crippen molar-refractivity contribution in [2.24, 2.45) is 0 Å². The summed E-state index contributed by atoms with van der Waals surface area (Å²) in [7, 11) is 0. The van der Waals surface area contributed by atoms with E-state index in [-0.39, 0.29) is 11.3 Å². The number of ether oxygens (including phenoxy) is 1. The van der Waals surface area contributed by atoms with E-state index in [1.807, 2.05) is 36.4 Å². The Labute approximate surface area is 132 Å². The third-order valence-electron chi connectivity index (χ3n) is 3.43. The van der Waals surface area contributed by atoms with Crippen molar-refractivity contribution in [3.05, 3.63) is 59.7 Å². The lowest BCUT2D eigenvalue weighted by molar-refractivity contribution is -0.119. The van der Waals surface area contributed by atoms with Crippen LogP contribution in [0.25, 0.3) is 0 Å². The molecule has 0 spiro atoms. The van der Waals surface area contributed by atoms with Gasteiger partial charge in [0.2, 0.25) is 5.91 Å². The summed E-state index contributed by atoms with van der Waals surface area (Å²) in [5.41, 5.74) is 2.25. The fraction of sp³-hybridized carbons (Fsp3) is 0.316. The van der Waals surface area contributed by atoms with Crippen LogP contribution in [0.1, 0.15) is 38.8 Å². The zero-order valence-corrected chi connectivity index (χ0v) is 13.6. The van der Waals surface area contributed by atoms with Gasteiger partial charge < -0.3 is 10.1 Å². The quantitative estimate of drug-likeness (QED) is 0.907. The Kier molecular flexibility index (Phi) is 4.86. The molecule has 0 heterocycles. The van der Waals surface area contributed by atoms with E-state index in [0.29, 0.717) is 6.54 Å². The zero-order valence-electron chi connectivity index (χ0n) is 13.6. The molecule has 0 saturated heterocycles. The molecule has 2 aromatic carbocycles. The standard InChI is InChI=1S/C19H23NO2/c1-14(21)20-13-15-12-16(19(2,3)4)10-11-18(15)22-17-8-6-5-7-9-17/h5-12H,13H2,1-4H3,(H,20,21). The van der Waals surface area contributed by atoms with Gasteiger partial charge >= 0.3 is 0 Å². The van der Waals surface area contributed by atoms with Crippen LogP contribution in [-0.4, -0.2) is 5.91 Å². The highest BCUT2D eigenvalue weighted by Gasteiger charge is 2.16. The molecule has 1 amide bonds. The smallest absolute Gasteiger partial charge is 0.217 e. The molecule has 2 aromatic rings. The van der Waals surface area contributed by atoms with Crippen molar-refractivity contribution in [3.8, 4) is 11.5 Å². The van der Waals surface area contributed by atoms with Gasteiger partial charge in [-0.1, -0.05) is 45.0 Å². The zero-order chi connectivity index (χ0) is 16.2. The van der Waals surface area contributed by atoms with Crippen LogP contribution < -0.4 is 10.1 Å². The van der Waals surface area contributed by atoms with E-state index in [1.54, 1.807) is 0 Å². The van der Waals surface area contributed by atoms with Crippen LogP contribution in [0.3, 0.4) is 0 Å². The topological polar surface area (TPSA) is 38.3 Å². The lowest BCUT2D eigenvalue weighted by atomic mass is 9.86. The van der Waals surface area contributed by atoms with Crippen LogP contribution >= 0.6 is 0 Å². The molecule has 0 aliphatic rings. The van der Waals surface area contributed by atoms with Crippen molar-refractivity contribution >= 4 is 5.91 Å². The van der Waals surface area contributed by atoms with Crippen LogP contribution in [-0.2, 0) is 16.8 Å². The van der Waals surface area contributed by atoms with Crippen molar-refractivity contribution in [2.75, 3.05) is 0 Å². The van der Waals surface area contributed by atoms with Crippen molar-refractivity contribution in [2.45, 2.75) is 39.7 Å². The Bertz CT molecular complexity index is 642. The van der Waals surface area contributed by atoms with Gasteiger partial charge in [0.25, 0.3) is 0 Å². The van der Waals surface area contributed by atoms with Gasteiger partial charge in [-0.3, -0.25) is 4.79 Å². The normalized spacial score (nSPS) is 11.1. The highest BCUT2D eigenvalue weighted by molar-refractivity contribution is 5.72. The van der Waals surface area contributed by atoms with Gasteiger partial charge in [-0.15, -0.1) is 0 Å². The summed E-state index contributed by atoms with van der Waals surface area (Å²) in [4.78, 5) is 11.2. The molecular weight excluding hydrogens is 274 g/mol. The minimum absolute atomic E-state index is 0.0492. The number of amides is 1. The van der Waals surface area contributed by atoms with E-state index in [0.717, 1.165) is 17.1 Å². The maximum Gasteiger partial charge on any atom is 0.217 e. The summed E-state index contributed by atoms with van der Waals surface area (Å²) >= 11 is 0. The number of carbonyl (C=O) groups excluding carboxylic acids is 1. The fourth-order valence-corrected chi connectivity index (χ4v) is 2.12. The van der Waals surface area contributed by atoms with E-state index >= 15 is 0 Å². The molecule has 0 bridgehead atoms. The van der Waals surface area contributed by atoms with Crippen molar-refractivity contribution < 1.29 is 9.53 Å². The Morgan fingerprint density at radius 3 is 2.36 bits per heavy atom. The number of nitrogens with one attached hydrogen (secondary N) is 1. The summed E-state index contributed by atoms with van der Waals surface area (Å²) in [5, 5.41) is 2.85. The highest BCUT2D eigenvalue weighted by Crippen LogP contribution is 2.30. The van der Waals surface area contributed by atoms with Gasteiger partial charge in [-0.25, -0.2) is 0 Å². The Morgan fingerprint density at radius 2 is 1.77 bits per heavy atom. The average Bonchev–Trinajstić information content (AvgIpc) is 2.46. The minimum atomic E-state index is -0.0492.